The Balaban J connectivity index is 1.50. The fourth-order valence-electron chi connectivity index (χ4n) is 4.17. The summed E-state index contributed by atoms with van der Waals surface area (Å²) in [6.45, 7) is 4.59. The third-order valence-corrected chi connectivity index (χ3v) is 7.84. The summed E-state index contributed by atoms with van der Waals surface area (Å²) in [7, 11) is 0. The maximum atomic E-state index is 10.2. The second-order valence-corrected chi connectivity index (χ2v) is 11.5. The molecular formula is C33H24I2N2O2. The fraction of sp³-hybridized carbons (Fsp3) is 0.0909. The molecule has 1 heterocycles. The number of furan rings is 1. The minimum Gasteiger partial charge on any atom is -0.487 e. The molecule has 1 aromatic heterocycles. The molecule has 0 saturated carbocycles. The van der Waals surface area contributed by atoms with Crippen LogP contribution >= 0.6 is 45.2 Å². The van der Waals surface area contributed by atoms with Crippen molar-refractivity contribution in [3.8, 4) is 34.3 Å². The van der Waals surface area contributed by atoms with Crippen LogP contribution in [0.1, 0.15) is 27.8 Å². The van der Waals surface area contributed by atoms with Crippen LogP contribution in [0.25, 0.3) is 22.5 Å². The number of rotatable bonds is 7. The zero-order valence-electron chi connectivity index (χ0n) is 21.4. The Bertz CT molecular complexity index is 1660. The van der Waals surface area contributed by atoms with Gasteiger partial charge in [-0.05, 0) is 87.9 Å². The average molecular weight is 734 g/mol. The van der Waals surface area contributed by atoms with Crippen LogP contribution in [-0.2, 0) is 6.61 Å². The van der Waals surface area contributed by atoms with E-state index in [-0.39, 0.29) is 5.88 Å². The Morgan fingerprint density at radius 3 is 2.03 bits per heavy atom. The van der Waals surface area contributed by atoms with E-state index in [1.807, 2.05) is 105 Å². The van der Waals surface area contributed by atoms with Crippen molar-refractivity contribution in [2.24, 2.45) is 4.99 Å². The van der Waals surface area contributed by atoms with Gasteiger partial charge in [0.1, 0.15) is 29.7 Å². The first kappa shape index (κ1) is 27.2. The molecule has 0 N–H and O–H groups in total. The highest BCUT2D eigenvalue weighted by Crippen LogP contribution is 2.42. The van der Waals surface area contributed by atoms with Gasteiger partial charge in [0.05, 0.1) is 7.14 Å². The SMILES string of the molecule is Cc1ccc(-c2oc(N=Cc3cc(I)c(OCc4ccccc4)c(I)c3)c(C#N)c2-c2ccc(C)cc2)cc1. The predicted molar refractivity (Wildman–Crippen MR) is 174 cm³/mol. The first-order valence-electron chi connectivity index (χ1n) is 12.3. The van der Waals surface area contributed by atoms with Gasteiger partial charge in [-0.1, -0.05) is 90.0 Å². The van der Waals surface area contributed by atoms with E-state index in [2.05, 4.69) is 56.2 Å². The molecule has 4 aromatic carbocycles. The number of aliphatic imine (C=N–C) groups is 1. The van der Waals surface area contributed by atoms with E-state index in [1.165, 1.54) is 0 Å². The maximum Gasteiger partial charge on any atom is 0.238 e. The number of benzene rings is 4. The standard InChI is InChI=1S/C33H24I2N2O2/c1-21-8-12-25(13-9-21)30-27(18-36)33(39-31(30)26-14-10-22(2)11-15-26)37-19-24-16-28(34)32(29(35)17-24)38-20-23-6-4-3-5-7-23/h3-17,19H,20H2,1-2H3. The Kier molecular flexibility index (Phi) is 8.48. The van der Waals surface area contributed by atoms with Crippen molar-refractivity contribution in [1.29, 1.82) is 5.26 Å². The van der Waals surface area contributed by atoms with Crippen LogP contribution in [0.2, 0.25) is 0 Å². The van der Waals surface area contributed by atoms with Gasteiger partial charge in [0.2, 0.25) is 5.88 Å². The van der Waals surface area contributed by atoms with Crippen LogP contribution in [0, 0.1) is 32.3 Å². The molecule has 0 atom stereocenters. The summed E-state index contributed by atoms with van der Waals surface area (Å²) in [6.07, 6.45) is 1.74. The van der Waals surface area contributed by atoms with Gasteiger partial charge < -0.3 is 9.15 Å². The van der Waals surface area contributed by atoms with Crippen molar-refractivity contribution in [3.63, 3.8) is 0 Å². The molecule has 0 aliphatic rings. The zero-order valence-corrected chi connectivity index (χ0v) is 25.7. The molecule has 0 bridgehead atoms. The van der Waals surface area contributed by atoms with Crippen molar-refractivity contribution in [1.82, 2.24) is 0 Å². The molecule has 5 rings (SSSR count). The molecule has 5 aromatic rings. The second kappa shape index (κ2) is 12.2. The lowest BCUT2D eigenvalue weighted by Gasteiger charge is -2.11. The highest BCUT2D eigenvalue weighted by molar-refractivity contribution is 14.1. The summed E-state index contributed by atoms with van der Waals surface area (Å²) >= 11 is 4.57. The third kappa shape index (κ3) is 6.26. The van der Waals surface area contributed by atoms with Gasteiger partial charge >= 0.3 is 0 Å². The van der Waals surface area contributed by atoms with E-state index in [9.17, 15) is 5.26 Å². The first-order chi connectivity index (χ1) is 18.9. The summed E-state index contributed by atoms with van der Waals surface area (Å²) in [5.74, 6) is 1.77. The number of hydrogen-bond donors (Lipinski definition) is 0. The van der Waals surface area contributed by atoms with Crippen LogP contribution in [0.5, 0.6) is 5.75 Å². The number of aryl methyl sites for hydroxylation is 2. The zero-order chi connectivity index (χ0) is 27.4. The van der Waals surface area contributed by atoms with E-state index in [4.69, 9.17) is 9.15 Å². The van der Waals surface area contributed by atoms with Gasteiger partial charge in [-0.3, -0.25) is 0 Å². The van der Waals surface area contributed by atoms with E-state index in [0.717, 1.165) is 51.8 Å². The number of ether oxygens (including phenoxy) is 1. The van der Waals surface area contributed by atoms with Crippen molar-refractivity contribution < 1.29 is 9.15 Å². The highest BCUT2D eigenvalue weighted by Gasteiger charge is 2.23. The Morgan fingerprint density at radius 1 is 0.846 bits per heavy atom. The lowest BCUT2D eigenvalue weighted by atomic mass is 9.97. The third-order valence-electron chi connectivity index (χ3n) is 6.23. The van der Waals surface area contributed by atoms with E-state index in [0.29, 0.717) is 17.9 Å². The van der Waals surface area contributed by atoms with E-state index < -0.39 is 0 Å². The molecule has 4 nitrogen and oxygen atoms in total. The molecule has 192 valence electrons. The summed E-state index contributed by atoms with van der Waals surface area (Å²) in [5.41, 5.74) is 7.30. The number of hydrogen-bond acceptors (Lipinski definition) is 4. The van der Waals surface area contributed by atoms with Crippen LogP contribution in [0.15, 0.2) is 100 Å². The molecule has 0 saturated heterocycles. The lowest BCUT2D eigenvalue weighted by molar-refractivity contribution is 0.302. The van der Waals surface area contributed by atoms with Crippen molar-refractivity contribution in [3.05, 3.63) is 126 Å². The molecule has 39 heavy (non-hydrogen) atoms. The van der Waals surface area contributed by atoms with Gasteiger partial charge in [0.15, 0.2) is 0 Å². The van der Waals surface area contributed by atoms with Crippen molar-refractivity contribution in [2.45, 2.75) is 20.5 Å². The van der Waals surface area contributed by atoms with Gasteiger partial charge in [-0.2, -0.15) is 5.26 Å². The van der Waals surface area contributed by atoms with Gasteiger partial charge in [0, 0.05) is 17.3 Å². The summed E-state index contributed by atoms with van der Waals surface area (Å²) in [5, 5.41) is 10.2. The molecule has 0 aliphatic carbocycles. The van der Waals surface area contributed by atoms with E-state index in [1.54, 1.807) is 6.21 Å². The maximum absolute atomic E-state index is 10.2. The largest absolute Gasteiger partial charge is 0.487 e. The van der Waals surface area contributed by atoms with Crippen LogP contribution in [-0.4, -0.2) is 6.21 Å². The molecule has 0 amide bonds. The van der Waals surface area contributed by atoms with Gasteiger partial charge in [0.25, 0.3) is 0 Å². The van der Waals surface area contributed by atoms with Crippen molar-refractivity contribution >= 4 is 57.3 Å². The summed E-state index contributed by atoms with van der Waals surface area (Å²) < 4.78 is 14.4. The molecule has 6 heteroatoms. The minimum absolute atomic E-state index is 0.290. The molecule has 0 fully saturated rings. The quantitative estimate of drug-likeness (QED) is 0.124. The molecule has 0 aliphatic heterocycles. The van der Waals surface area contributed by atoms with Gasteiger partial charge in [-0.25, -0.2) is 4.99 Å². The average Bonchev–Trinajstić information content (AvgIpc) is 3.31. The molecular weight excluding hydrogens is 710 g/mol. The lowest BCUT2D eigenvalue weighted by Crippen LogP contribution is -2.00. The first-order valence-corrected chi connectivity index (χ1v) is 14.5. The van der Waals surface area contributed by atoms with Gasteiger partial charge in [-0.15, -0.1) is 0 Å². The Labute approximate surface area is 255 Å². The molecule has 0 spiro atoms. The summed E-state index contributed by atoms with van der Waals surface area (Å²) in [4.78, 5) is 4.66. The summed E-state index contributed by atoms with van der Waals surface area (Å²) in [6, 6.07) is 32.7. The minimum atomic E-state index is 0.290. The number of nitrogens with zero attached hydrogens (tertiary/aromatic N) is 2. The second-order valence-electron chi connectivity index (χ2n) is 9.18. The Hall–Kier alpha value is -3.42. The number of nitriles is 1. The predicted octanol–water partition coefficient (Wildman–Crippen LogP) is 9.64. The van der Waals surface area contributed by atoms with E-state index >= 15 is 0 Å². The fourth-order valence-corrected chi connectivity index (χ4v) is 6.30. The number of halogens is 2. The monoisotopic (exact) mass is 734 g/mol. The smallest absolute Gasteiger partial charge is 0.238 e. The molecule has 0 unspecified atom stereocenters. The highest BCUT2D eigenvalue weighted by atomic mass is 127. The normalized spacial score (nSPS) is 11.1. The topological polar surface area (TPSA) is 58.5 Å². The molecule has 0 radical (unpaired) electrons. The van der Waals surface area contributed by atoms with Crippen LogP contribution in [0.4, 0.5) is 5.88 Å². The van der Waals surface area contributed by atoms with Crippen LogP contribution in [0.3, 0.4) is 0 Å². The Morgan fingerprint density at radius 2 is 1.44 bits per heavy atom. The van der Waals surface area contributed by atoms with Crippen LogP contribution < -0.4 is 4.74 Å². The van der Waals surface area contributed by atoms with Crippen molar-refractivity contribution in [2.75, 3.05) is 0 Å².